The monoisotopic (exact) mass is 396 g/mol. The van der Waals surface area contributed by atoms with Crippen molar-refractivity contribution >= 4 is 29.9 Å². The highest BCUT2D eigenvalue weighted by Gasteiger charge is 2.01. The first-order valence-electron chi connectivity index (χ1n) is 6.64. The van der Waals surface area contributed by atoms with E-state index < -0.39 is 0 Å². The predicted molar refractivity (Wildman–Crippen MR) is 97.8 cm³/mol. The van der Waals surface area contributed by atoms with Gasteiger partial charge in [-0.05, 0) is 17.2 Å². The van der Waals surface area contributed by atoms with Crippen LogP contribution in [0.5, 0.6) is 0 Å². The van der Waals surface area contributed by atoms with Crippen LogP contribution in [-0.4, -0.2) is 29.9 Å². The van der Waals surface area contributed by atoms with Crippen molar-refractivity contribution in [3.63, 3.8) is 0 Å². The van der Waals surface area contributed by atoms with Crippen molar-refractivity contribution < 1.29 is 0 Å². The average molecular weight is 396 g/mol. The molecule has 0 bridgehead atoms. The third-order valence-corrected chi connectivity index (χ3v) is 2.85. The first kappa shape index (κ1) is 17.4. The molecule has 0 fully saturated rings. The molecule has 5 heteroatoms. The number of halogens is 1. The van der Waals surface area contributed by atoms with Crippen LogP contribution in [0.3, 0.4) is 0 Å². The van der Waals surface area contributed by atoms with Gasteiger partial charge in [0.25, 0.3) is 0 Å². The van der Waals surface area contributed by atoms with Gasteiger partial charge in [0.05, 0.1) is 6.54 Å². The maximum Gasteiger partial charge on any atom is 0.194 e. The SMILES string of the molecule is CN(C)C(=NCc1cccnc1)NCc1ccccc1.I. The molecule has 0 aliphatic rings. The molecule has 1 heterocycles. The Labute approximate surface area is 143 Å². The first-order valence-corrected chi connectivity index (χ1v) is 6.64. The van der Waals surface area contributed by atoms with Gasteiger partial charge >= 0.3 is 0 Å². The molecular weight excluding hydrogens is 375 g/mol. The van der Waals surface area contributed by atoms with Crippen LogP contribution in [-0.2, 0) is 13.1 Å². The number of benzene rings is 1. The molecule has 0 amide bonds. The number of hydrogen-bond acceptors (Lipinski definition) is 2. The number of aliphatic imine (C=N–C) groups is 1. The van der Waals surface area contributed by atoms with Gasteiger partial charge < -0.3 is 10.2 Å². The highest BCUT2D eigenvalue weighted by molar-refractivity contribution is 14.0. The Bertz CT molecular complexity index is 541. The molecule has 0 saturated heterocycles. The van der Waals surface area contributed by atoms with Gasteiger partial charge in [-0.15, -0.1) is 24.0 Å². The van der Waals surface area contributed by atoms with E-state index >= 15 is 0 Å². The van der Waals surface area contributed by atoms with Gasteiger partial charge in [0.2, 0.25) is 0 Å². The summed E-state index contributed by atoms with van der Waals surface area (Å²) in [5.41, 5.74) is 2.34. The summed E-state index contributed by atoms with van der Waals surface area (Å²) >= 11 is 0. The molecule has 0 aliphatic carbocycles. The van der Waals surface area contributed by atoms with Crippen molar-refractivity contribution in [1.29, 1.82) is 0 Å². The van der Waals surface area contributed by atoms with Gasteiger partial charge in [-0.2, -0.15) is 0 Å². The van der Waals surface area contributed by atoms with Gasteiger partial charge in [-0.25, -0.2) is 4.99 Å². The molecule has 1 aromatic carbocycles. The Morgan fingerprint density at radius 3 is 2.43 bits per heavy atom. The van der Waals surface area contributed by atoms with E-state index in [1.165, 1.54) is 5.56 Å². The second-order valence-corrected chi connectivity index (χ2v) is 4.73. The Hall–Kier alpha value is -1.63. The second kappa shape index (κ2) is 9.33. The zero-order chi connectivity index (χ0) is 14.2. The van der Waals surface area contributed by atoms with E-state index in [2.05, 4.69) is 27.4 Å². The van der Waals surface area contributed by atoms with Gasteiger partial charge in [0.15, 0.2) is 5.96 Å². The van der Waals surface area contributed by atoms with Crippen molar-refractivity contribution in [2.75, 3.05) is 14.1 Å². The summed E-state index contributed by atoms with van der Waals surface area (Å²) in [5.74, 6) is 0.873. The Morgan fingerprint density at radius 1 is 1.10 bits per heavy atom. The summed E-state index contributed by atoms with van der Waals surface area (Å²) in [5, 5.41) is 3.36. The Balaban J connectivity index is 0.00000220. The number of rotatable bonds is 4. The predicted octanol–water partition coefficient (Wildman–Crippen LogP) is 2.91. The fourth-order valence-corrected chi connectivity index (χ4v) is 1.79. The van der Waals surface area contributed by atoms with E-state index in [0.717, 1.165) is 18.1 Å². The van der Waals surface area contributed by atoms with Crippen molar-refractivity contribution in [2.45, 2.75) is 13.1 Å². The number of nitrogens with zero attached hydrogens (tertiary/aromatic N) is 3. The van der Waals surface area contributed by atoms with E-state index in [-0.39, 0.29) is 24.0 Å². The minimum absolute atomic E-state index is 0. The van der Waals surface area contributed by atoms with Gasteiger partial charge in [-0.3, -0.25) is 4.98 Å². The smallest absolute Gasteiger partial charge is 0.194 e. The van der Waals surface area contributed by atoms with Crippen molar-refractivity contribution in [3.05, 3.63) is 66.0 Å². The average Bonchev–Trinajstić information content (AvgIpc) is 2.49. The van der Waals surface area contributed by atoms with Gasteiger partial charge in [-0.1, -0.05) is 36.4 Å². The van der Waals surface area contributed by atoms with Crippen LogP contribution < -0.4 is 5.32 Å². The summed E-state index contributed by atoms with van der Waals surface area (Å²) in [4.78, 5) is 10.7. The zero-order valence-electron chi connectivity index (χ0n) is 12.4. The quantitative estimate of drug-likeness (QED) is 0.491. The summed E-state index contributed by atoms with van der Waals surface area (Å²) < 4.78 is 0. The van der Waals surface area contributed by atoms with Crippen LogP contribution >= 0.6 is 24.0 Å². The molecule has 21 heavy (non-hydrogen) atoms. The maximum absolute atomic E-state index is 4.60. The fourth-order valence-electron chi connectivity index (χ4n) is 1.79. The highest BCUT2D eigenvalue weighted by atomic mass is 127. The van der Waals surface area contributed by atoms with Crippen molar-refractivity contribution in [3.8, 4) is 0 Å². The van der Waals surface area contributed by atoms with E-state index in [1.54, 1.807) is 6.20 Å². The largest absolute Gasteiger partial charge is 0.352 e. The van der Waals surface area contributed by atoms with Crippen LogP contribution in [0.25, 0.3) is 0 Å². The molecule has 1 aromatic heterocycles. The molecule has 0 saturated carbocycles. The number of aromatic nitrogens is 1. The topological polar surface area (TPSA) is 40.5 Å². The summed E-state index contributed by atoms with van der Waals surface area (Å²) in [6, 6.07) is 14.3. The van der Waals surface area contributed by atoms with E-state index in [0.29, 0.717) is 6.54 Å². The first-order chi connectivity index (χ1) is 9.75. The lowest BCUT2D eigenvalue weighted by Gasteiger charge is -2.17. The summed E-state index contributed by atoms with van der Waals surface area (Å²) in [7, 11) is 3.97. The number of guanidine groups is 1. The molecule has 0 aliphatic heterocycles. The molecule has 1 N–H and O–H groups in total. The molecular formula is C16H21IN4. The summed E-state index contributed by atoms with van der Waals surface area (Å²) in [6.07, 6.45) is 3.61. The van der Waals surface area contributed by atoms with E-state index in [4.69, 9.17) is 0 Å². The minimum atomic E-state index is 0. The molecule has 0 radical (unpaired) electrons. The van der Waals surface area contributed by atoms with Crippen LogP contribution in [0.1, 0.15) is 11.1 Å². The molecule has 0 spiro atoms. The van der Waals surface area contributed by atoms with E-state index in [1.807, 2.05) is 55.5 Å². The third-order valence-electron chi connectivity index (χ3n) is 2.85. The van der Waals surface area contributed by atoms with Crippen LogP contribution in [0.2, 0.25) is 0 Å². The standard InChI is InChI=1S/C16H20N4.HI/c1-20(2)16(18-12-14-7-4-3-5-8-14)19-13-15-9-6-10-17-11-15;/h3-11H,12-13H2,1-2H3,(H,18,19);1H. The van der Waals surface area contributed by atoms with Crippen molar-refractivity contribution in [2.24, 2.45) is 4.99 Å². The highest BCUT2D eigenvalue weighted by Crippen LogP contribution is 2.00. The molecule has 112 valence electrons. The minimum Gasteiger partial charge on any atom is -0.352 e. The normalized spacial score (nSPS) is 10.7. The number of pyridine rings is 1. The van der Waals surface area contributed by atoms with Crippen LogP contribution in [0, 0.1) is 0 Å². The fraction of sp³-hybridized carbons (Fsp3) is 0.250. The second-order valence-electron chi connectivity index (χ2n) is 4.73. The molecule has 2 aromatic rings. The molecule has 4 nitrogen and oxygen atoms in total. The number of nitrogens with one attached hydrogen (secondary N) is 1. The lowest BCUT2D eigenvalue weighted by molar-refractivity contribution is 0.578. The van der Waals surface area contributed by atoms with E-state index in [9.17, 15) is 0 Å². The molecule has 0 unspecified atom stereocenters. The summed E-state index contributed by atoms with van der Waals surface area (Å²) in [6.45, 7) is 1.40. The van der Waals surface area contributed by atoms with Crippen LogP contribution in [0.15, 0.2) is 59.9 Å². The van der Waals surface area contributed by atoms with Gasteiger partial charge in [0, 0.05) is 33.0 Å². The van der Waals surface area contributed by atoms with Gasteiger partial charge in [0.1, 0.15) is 0 Å². The number of hydrogen-bond donors (Lipinski definition) is 1. The van der Waals surface area contributed by atoms with Crippen LogP contribution in [0.4, 0.5) is 0 Å². The Kier molecular flexibility index (Phi) is 7.74. The zero-order valence-corrected chi connectivity index (χ0v) is 14.7. The lowest BCUT2D eigenvalue weighted by Crippen LogP contribution is -2.36. The molecule has 0 atom stereocenters. The third kappa shape index (κ3) is 6.12. The maximum atomic E-state index is 4.60. The van der Waals surface area contributed by atoms with Crippen molar-refractivity contribution in [1.82, 2.24) is 15.2 Å². The molecule has 2 rings (SSSR count). The Morgan fingerprint density at radius 2 is 1.81 bits per heavy atom. The lowest BCUT2D eigenvalue weighted by atomic mass is 10.2.